The molecule has 3 nitrogen and oxygen atoms in total. The third-order valence-corrected chi connectivity index (χ3v) is 5.12. The van der Waals surface area contributed by atoms with Gasteiger partial charge in [-0.15, -0.1) is 0 Å². The fourth-order valence-corrected chi connectivity index (χ4v) is 3.66. The van der Waals surface area contributed by atoms with Crippen molar-refractivity contribution < 1.29 is 0 Å². The summed E-state index contributed by atoms with van der Waals surface area (Å²) in [5.74, 6) is 0. The highest BCUT2D eigenvalue weighted by molar-refractivity contribution is 5.35. The molecule has 2 aromatic carbocycles. The fourth-order valence-electron chi connectivity index (χ4n) is 3.66. The van der Waals surface area contributed by atoms with E-state index in [4.69, 9.17) is 0 Å². The lowest BCUT2D eigenvalue weighted by molar-refractivity contribution is 0.214. The molecule has 0 N–H and O–H groups in total. The van der Waals surface area contributed by atoms with Gasteiger partial charge in [-0.1, -0.05) is 36.4 Å². The molecule has 1 atom stereocenters. The molecule has 0 spiro atoms. The lowest BCUT2D eigenvalue weighted by Gasteiger charge is -2.32. The normalized spacial score (nSPS) is 17.0. The minimum atomic E-state index is 0.633. The van der Waals surface area contributed by atoms with E-state index in [0.717, 1.165) is 12.2 Å². The number of likely N-dealkylation sites (N-methyl/N-ethyl adjacent to an activating group) is 1. The van der Waals surface area contributed by atoms with Gasteiger partial charge in [0.05, 0.1) is 6.33 Å². The van der Waals surface area contributed by atoms with Crippen molar-refractivity contribution in [3.05, 3.63) is 83.9 Å². The van der Waals surface area contributed by atoms with E-state index in [2.05, 4.69) is 65.5 Å². The van der Waals surface area contributed by atoms with Gasteiger partial charge in [0.1, 0.15) is 0 Å². The van der Waals surface area contributed by atoms with Crippen molar-refractivity contribution in [1.29, 1.82) is 0 Å². The highest BCUT2D eigenvalue weighted by atomic mass is 15.1. The Morgan fingerprint density at radius 1 is 1.08 bits per heavy atom. The van der Waals surface area contributed by atoms with Crippen LogP contribution in [0.1, 0.15) is 23.1 Å². The molecule has 1 unspecified atom stereocenters. The van der Waals surface area contributed by atoms with Crippen LogP contribution in [-0.4, -0.2) is 27.5 Å². The summed E-state index contributed by atoms with van der Waals surface area (Å²) in [4.78, 5) is 6.61. The van der Waals surface area contributed by atoms with Crippen LogP contribution in [0.5, 0.6) is 0 Å². The second-order valence-corrected chi connectivity index (χ2v) is 6.72. The largest absolute Gasteiger partial charge is 0.306 e. The number of benzene rings is 2. The van der Waals surface area contributed by atoms with E-state index in [0.29, 0.717) is 6.04 Å². The molecule has 0 fully saturated rings. The van der Waals surface area contributed by atoms with Crippen molar-refractivity contribution in [2.75, 3.05) is 7.05 Å². The highest BCUT2D eigenvalue weighted by Gasteiger charge is 2.21. The van der Waals surface area contributed by atoms with Gasteiger partial charge in [-0.25, -0.2) is 4.98 Å². The molecular formula is C21H23N3. The van der Waals surface area contributed by atoms with Crippen LogP contribution in [0.4, 0.5) is 0 Å². The quantitative estimate of drug-likeness (QED) is 0.728. The molecular weight excluding hydrogens is 294 g/mol. The molecule has 3 aromatic rings. The van der Waals surface area contributed by atoms with Gasteiger partial charge >= 0.3 is 0 Å². The van der Waals surface area contributed by atoms with Gasteiger partial charge in [-0.2, -0.15) is 0 Å². The summed E-state index contributed by atoms with van der Waals surface area (Å²) in [7, 11) is 2.25. The number of fused-ring (bicyclic) bond motifs is 1. The first-order valence-corrected chi connectivity index (χ1v) is 8.64. The van der Waals surface area contributed by atoms with E-state index in [9.17, 15) is 0 Å². The third-order valence-electron chi connectivity index (χ3n) is 5.12. The van der Waals surface area contributed by atoms with Crippen molar-refractivity contribution in [1.82, 2.24) is 14.5 Å². The predicted molar refractivity (Wildman–Crippen MR) is 97.3 cm³/mol. The maximum atomic E-state index is 4.10. The van der Waals surface area contributed by atoms with E-state index < -0.39 is 0 Å². The lowest BCUT2D eigenvalue weighted by atomic mass is 9.87. The Bertz CT molecular complexity index is 790. The summed E-state index contributed by atoms with van der Waals surface area (Å²) in [5, 5.41) is 0. The summed E-state index contributed by atoms with van der Waals surface area (Å²) in [6.45, 7) is 0.997. The Labute approximate surface area is 143 Å². The smallest absolute Gasteiger partial charge is 0.0991 e. The topological polar surface area (TPSA) is 21.1 Å². The van der Waals surface area contributed by atoms with E-state index in [-0.39, 0.29) is 0 Å². The van der Waals surface area contributed by atoms with Crippen molar-refractivity contribution in [3.63, 3.8) is 0 Å². The third kappa shape index (κ3) is 3.13. The number of hydrogen-bond donors (Lipinski definition) is 0. The van der Waals surface area contributed by atoms with Crippen molar-refractivity contribution in [2.24, 2.45) is 0 Å². The summed E-state index contributed by atoms with van der Waals surface area (Å²) in [6, 6.07) is 18.3. The monoisotopic (exact) mass is 317 g/mol. The minimum Gasteiger partial charge on any atom is -0.306 e. The van der Waals surface area contributed by atoms with Gasteiger partial charge in [0, 0.05) is 30.7 Å². The van der Waals surface area contributed by atoms with Gasteiger partial charge in [0.15, 0.2) is 0 Å². The molecule has 122 valence electrons. The molecule has 0 bridgehead atoms. The molecule has 1 aliphatic carbocycles. The maximum absolute atomic E-state index is 4.10. The summed E-state index contributed by atoms with van der Waals surface area (Å²) >= 11 is 0. The number of nitrogens with zero attached hydrogens (tertiary/aromatic N) is 3. The van der Waals surface area contributed by atoms with Crippen molar-refractivity contribution in [2.45, 2.75) is 31.8 Å². The molecule has 4 rings (SSSR count). The first-order chi connectivity index (χ1) is 11.8. The van der Waals surface area contributed by atoms with E-state index in [1.54, 1.807) is 0 Å². The van der Waals surface area contributed by atoms with Crippen molar-refractivity contribution in [3.8, 4) is 5.69 Å². The average Bonchev–Trinajstić information content (AvgIpc) is 3.16. The van der Waals surface area contributed by atoms with Crippen molar-refractivity contribution >= 4 is 0 Å². The fraction of sp³-hybridized carbons (Fsp3) is 0.286. The molecule has 0 saturated heterocycles. The predicted octanol–water partition coefficient (Wildman–Crippen LogP) is 3.86. The Balaban J connectivity index is 1.42. The Kier molecular flexibility index (Phi) is 4.18. The highest BCUT2D eigenvalue weighted by Crippen LogP contribution is 2.24. The van der Waals surface area contributed by atoms with Gasteiger partial charge in [0.25, 0.3) is 0 Å². The molecule has 0 saturated carbocycles. The molecule has 1 aromatic heterocycles. The summed E-state index contributed by atoms with van der Waals surface area (Å²) in [6.07, 6.45) is 9.23. The van der Waals surface area contributed by atoms with Gasteiger partial charge in [0.2, 0.25) is 0 Å². The average molecular weight is 317 g/mol. The van der Waals surface area contributed by atoms with Crippen LogP contribution in [0.15, 0.2) is 67.3 Å². The molecule has 1 heterocycles. The first-order valence-electron chi connectivity index (χ1n) is 8.64. The van der Waals surface area contributed by atoms with Crippen LogP contribution < -0.4 is 0 Å². The molecule has 0 aliphatic heterocycles. The number of aryl methyl sites for hydroxylation is 1. The van der Waals surface area contributed by atoms with Gasteiger partial charge in [-0.05, 0) is 55.1 Å². The zero-order chi connectivity index (χ0) is 16.4. The standard InChI is InChI=1S/C21H23N3/c1-23(21-11-8-18-4-2-3-5-19(18)14-21)15-17-6-9-20(10-7-17)24-13-12-22-16-24/h2-7,9-10,12-13,16,21H,8,11,14-15H2,1H3. The zero-order valence-electron chi connectivity index (χ0n) is 14.1. The molecule has 0 radical (unpaired) electrons. The maximum Gasteiger partial charge on any atom is 0.0991 e. The Morgan fingerprint density at radius 3 is 2.62 bits per heavy atom. The number of rotatable bonds is 4. The Hall–Kier alpha value is -2.39. The van der Waals surface area contributed by atoms with Gasteiger partial charge in [-0.3, -0.25) is 4.90 Å². The van der Waals surface area contributed by atoms with E-state index >= 15 is 0 Å². The molecule has 3 heteroatoms. The van der Waals surface area contributed by atoms with Crippen LogP contribution in [-0.2, 0) is 19.4 Å². The SMILES string of the molecule is CN(Cc1ccc(-n2ccnc2)cc1)C1CCc2ccccc2C1. The van der Waals surface area contributed by atoms with Crippen LogP contribution in [0.25, 0.3) is 5.69 Å². The second-order valence-electron chi connectivity index (χ2n) is 6.72. The number of aromatic nitrogens is 2. The first kappa shape index (κ1) is 15.2. The van der Waals surface area contributed by atoms with Crippen LogP contribution in [0.2, 0.25) is 0 Å². The summed E-state index contributed by atoms with van der Waals surface area (Å²) in [5.41, 5.74) is 5.58. The Morgan fingerprint density at radius 2 is 1.88 bits per heavy atom. The molecule has 1 aliphatic rings. The second kappa shape index (κ2) is 6.62. The lowest BCUT2D eigenvalue weighted by Crippen LogP contribution is -2.36. The molecule has 0 amide bonds. The minimum absolute atomic E-state index is 0.633. The van der Waals surface area contributed by atoms with Crippen LogP contribution in [0, 0.1) is 0 Å². The number of hydrogen-bond acceptors (Lipinski definition) is 2. The molecule has 24 heavy (non-hydrogen) atoms. The van der Waals surface area contributed by atoms with E-state index in [1.807, 2.05) is 23.3 Å². The van der Waals surface area contributed by atoms with Crippen LogP contribution >= 0.6 is 0 Å². The van der Waals surface area contributed by atoms with Crippen LogP contribution in [0.3, 0.4) is 0 Å². The number of imidazole rings is 1. The van der Waals surface area contributed by atoms with Gasteiger partial charge < -0.3 is 4.57 Å². The zero-order valence-corrected chi connectivity index (χ0v) is 14.1. The van der Waals surface area contributed by atoms with E-state index in [1.165, 1.54) is 36.0 Å². The summed E-state index contributed by atoms with van der Waals surface area (Å²) < 4.78 is 2.03.